The Balaban J connectivity index is 1.67. The molecule has 1 aromatic carbocycles. The van der Waals surface area contributed by atoms with Crippen molar-refractivity contribution in [2.75, 3.05) is 25.1 Å². The van der Waals surface area contributed by atoms with E-state index < -0.39 is 0 Å². The second kappa shape index (κ2) is 7.96. The van der Waals surface area contributed by atoms with Crippen LogP contribution < -0.4 is 15.0 Å². The van der Waals surface area contributed by atoms with Gasteiger partial charge in [-0.2, -0.15) is 0 Å². The number of methoxy groups -OCH3 is 1. The lowest BCUT2D eigenvalue weighted by molar-refractivity contribution is 0.0945. The number of piperidine rings is 1. The maximum atomic E-state index is 12.5. The lowest BCUT2D eigenvalue weighted by Gasteiger charge is -2.27. The highest BCUT2D eigenvalue weighted by molar-refractivity contribution is 5.92. The molecule has 1 amide bonds. The fourth-order valence-corrected chi connectivity index (χ4v) is 2.92. The molecule has 1 saturated heterocycles. The van der Waals surface area contributed by atoms with Crippen LogP contribution in [0.1, 0.15) is 41.0 Å². The van der Waals surface area contributed by atoms with Crippen LogP contribution in [0.5, 0.6) is 5.75 Å². The summed E-state index contributed by atoms with van der Waals surface area (Å²) in [5.74, 6) is 1.28. The largest absolute Gasteiger partial charge is 0.497 e. The van der Waals surface area contributed by atoms with E-state index in [1.54, 1.807) is 13.2 Å². The molecule has 0 radical (unpaired) electrons. The third-order valence-electron chi connectivity index (χ3n) is 4.33. The minimum Gasteiger partial charge on any atom is -0.497 e. The van der Waals surface area contributed by atoms with Crippen LogP contribution >= 0.6 is 0 Å². The average Bonchev–Trinajstić information content (AvgIpc) is 2.66. The molecule has 132 valence electrons. The molecule has 0 bridgehead atoms. The number of nitrogens with zero attached hydrogens (tertiary/aromatic N) is 3. The molecule has 0 saturated carbocycles. The van der Waals surface area contributed by atoms with Gasteiger partial charge in [-0.3, -0.25) is 4.79 Å². The van der Waals surface area contributed by atoms with Gasteiger partial charge in [0.05, 0.1) is 7.11 Å². The number of benzene rings is 1. The van der Waals surface area contributed by atoms with E-state index in [-0.39, 0.29) is 5.91 Å². The number of carbonyl (C=O) groups is 1. The van der Waals surface area contributed by atoms with Crippen molar-refractivity contribution >= 4 is 11.9 Å². The molecule has 0 atom stereocenters. The zero-order chi connectivity index (χ0) is 17.6. The first-order chi connectivity index (χ1) is 12.2. The van der Waals surface area contributed by atoms with Crippen LogP contribution in [0.25, 0.3) is 0 Å². The van der Waals surface area contributed by atoms with Crippen LogP contribution in [-0.2, 0) is 6.54 Å². The van der Waals surface area contributed by atoms with E-state index in [9.17, 15) is 4.79 Å². The molecule has 3 rings (SSSR count). The van der Waals surface area contributed by atoms with Crippen LogP contribution in [0.4, 0.5) is 5.95 Å². The van der Waals surface area contributed by atoms with Crippen LogP contribution in [0.15, 0.2) is 30.3 Å². The Labute approximate surface area is 148 Å². The van der Waals surface area contributed by atoms with Crippen LogP contribution in [0.2, 0.25) is 0 Å². The third kappa shape index (κ3) is 4.47. The number of anilines is 1. The summed E-state index contributed by atoms with van der Waals surface area (Å²) in [4.78, 5) is 23.6. The van der Waals surface area contributed by atoms with Crippen molar-refractivity contribution < 1.29 is 9.53 Å². The van der Waals surface area contributed by atoms with Gasteiger partial charge in [-0.25, -0.2) is 9.97 Å². The van der Waals surface area contributed by atoms with Crippen LogP contribution in [-0.4, -0.2) is 36.1 Å². The Kier molecular flexibility index (Phi) is 5.48. The van der Waals surface area contributed by atoms with Gasteiger partial charge in [-0.05, 0) is 49.9 Å². The Hall–Kier alpha value is -2.63. The van der Waals surface area contributed by atoms with Gasteiger partial charge in [0.1, 0.15) is 11.4 Å². The Morgan fingerprint density at radius 3 is 2.56 bits per heavy atom. The van der Waals surface area contributed by atoms with Crippen molar-refractivity contribution in [1.29, 1.82) is 0 Å². The lowest BCUT2D eigenvalue weighted by atomic mass is 10.1. The molecule has 1 N–H and O–H groups in total. The summed E-state index contributed by atoms with van der Waals surface area (Å²) < 4.78 is 5.14. The molecule has 1 aliphatic rings. The number of aromatic nitrogens is 2. The minimum atomic E-state index is -0.181. The zero-order valence-corrected chi connectivity index (χ0v) is 14.8. The van der Waals surface area contributed by atoms with Crippen molar-refractivity contribution in [3.05, 3.63) is 47.3 Å². The monoisotopic (exact) mass is 340 g/mol. The number of hydrogen-bond donors (Lipinski definition) is 1. The summed E-state index contributed by atoms with van der Waals surface area (Å²) in [5.41, 5.74) is 2.24. The lowest BCUT2D eigenvalue weighted by Crippen LogP contribution is -2.32. The number of carbonyl (C=O) groups excluding carboxylic acids is 1. The van der Waals surface area contributed by atoms with Crippen LogP contribution in [0.3, 0.4) is 0 Å². The second-order valence-electron chi connectivity index (χ2n) is 6.27. The summed E-state index contributed by atoms with van der Waals surface area (Å²) in [6.07, 6.45) is 3.55. The van der Waals surface area contributed by atoms with E-state index >= 15 is 0 Å². The molecule has 1 aliphatic heterocycles. The number of hydrogen-bond acceptors (Lipinski definition) is 5. The summed E-state index contributed by atoms with van der Waals surface area (Å²) in [6, 6.07) is 9.36. The molecule has 6 heteroatoms. The SMILES string of the molecule is COc1ccc(CNC(=O)c2cc(C)nc(N3CCCCC3)n2)cc1. The molecule has 25 heavy (non-hydrogen) atoms. The molecule has 1 fully saturated rings. The standard InChI is InChI=1S/C19H24N4O2/c1-14-12-17(22-19(21-14)23-10-4-3-5-11-23)18(24)20-13-15-6-8-16(25-2)9-7-15/h6-9,12H,3-5,10-11,13H2,1-2H3,(H,20,24). The van der Waals surface area contributed by atoms with Gasteiger partial charge in [0.25, 0.3) is 5.91 Å². The van der Waals surface area contributed by atoms with Gasteiger partial charge in [0, 0.05) is 25.3 Å². The van der Waals surface area contributed by atoms with E-state index in [4.69, 9.17) is 4.74 Å². The van der Waals surface area contributed by atoms with E-state index in [0.717, 1.165) is 42.9 Å². The van der Waals surface area contributed by atoms with Gasteiger partial charge < -0.3 is 15.0 Å². The minimum absolute atomic E-state index is 0.181. The predicted octanol–water partition coefficient (Wildman–Crippen LogP) is 2.71. The van der Waals surface area contributed by atoms with E-state index in [0.29, 0.717) is 18.2 Å². The van der Waals surface area contributed by atoms with E-state index in [1.165, 1.54) is 6.42 Å². The Morgan fingerprint density at radius 1 is 1.16 bits per heavy atom. The first-order valence-corrected chi connectivity index (χ1v) is 8.67. The van der Waals surface area contributed by atoms with Gasteiger partial charge in [0.2, 0.25) is 5.95 Å². The van der Waals surface area contributed by atoms with Crippen molar-refractivity contribution in [1.82, 2.24) is 15.3 Å². The zero-order valence-electron chi connectivity index (χ0n) is 14.8. The van der Waals surface area contributed by atoms with Gasteiger partial charge in [-0.15, -0.1) is 0 Å². The Morgan fingerprint density at radius 2 is 1.88 bits per heavy atom. The van der Waals surface area contributed by atoms with E-state index in [1.807, 2.05) is 31.2 Å². The smallest absolute Gasteiger partial charge is 0.270 e. The van der Waals surface area contributed by atoms with Crippen molar-refractivity contribution in [2.45, 2.75) is 32.7 Å². The molecule has 0 spiro atoms. The van der Waals surface area contributed by atoms with Gasteiger partial charge >= 0.3 is 0 Å². The quantitative estimate of drug-likeness (QED) is 0.906. The van der Waals surface area contributed by atoms with Gasteiger partial charge in [-0.1, -0.05) is 12.1 Å². The summed E-state index contributed by atoms with van der Waals surface area (Å²) >= 11 is 0. The normalized spacial score (nSPS) is 14.2. The molecule has 2 heterocycles. The first kappa shape index (κ1) is 17.2. The maximum Gasteiger partial charge on any atom is 0.270 e. The number of amides is 1. The fourth-order valence-electron chi connectivity index (χ4n) is 2.92. The molecule has 2 aromatic rings. The molecule has 0 aliphatic carbocycles. The second-order valence-corrected chi connectivity index (χ2v) is 6.27. The third-order valence-corrected chi connectivity index (χ3v) is 4.33. The van der Waals surface area contributed by atoms with Gasteiger partial charge in [0.15, 0.2) is 0 Å². The first-order valence-electron chi connectivity index (χ1n) is 8.67. The number of ether oxygens (including phenoxy) is 1. The fraction of sp³-hybridized carbons (Fsp3) is 0.421. The predicted molar refractivity (Wildman–Crippen MR) is 97.0 cm³/mol. The van der Waals surface area contributed by atoms with Crippen LogP contribution in [0, 0.1) is 6.92 Å². The average molecular weight is 340 g/mol. The number of nitrogens with one attached hydrogen (secondary N) is 1. The molecular formula is C19H24N4O2. The highest BCUT2D eigenvalue weighted by Gasteiger charge is 2.17. The molecule has 1 aromatic heterocycles. The van der Waals surface area contributed by atoms with Crippen molar-refractivity contribution in [2.24, 2.45) is 0 Å². The highest BCUT2D eigenvalue weighted by atomic mass is 16.5. The molecule has 6 nitrogen and oxygen atoms in total. The van der Waals surface area contributed by atoms with Crippen molar-refractivity contribution in [3.8, 4) is 5.75 Å². The topological polar surface area (TPSA) is 67.3 Å². The number of aryl methyl sites for hydroxylation is 1. The maximum absolute atomic E-state index is 12.5. The van der Waals surface area contributed by atoms with Crippen molar-refractivity contribution in [3.63, 3.8) is 0 Å². The molecule has 0 unspecified atom stereocenters. The molecular weight excluding hydrogens is 316 g/mol. The summed E-state index contributed by atoms with van der Waals surface area (Å²) in [7, 11) is 1.63. The van der Waals surface area contributed by atoms with E-state index in [2.05, 4.69) is 20.2 Å². The number of rotatable bonds is 5. The highest BCUT2D eigenvalue weighted by Crippen LogP contribution is 2.17. The summed E-state index contributed by atoms with van der Waals surface area (Å²) in [6.45, 7) is 4.26. The summed E-state index contributed by atoms with van der Waals surface area (Å²) in [5, 5.41) is 2.92. The Bertz CT molecular complexity index is 725.